The highest BCUT2D eigenvalue weighted by atomic mass is 32.2. The summed E-state index contributed by atoms with van der Waals surface area (Å²) < 4.78 is 22.9. The molecule has 28 heavy (non-hydrogen) atoms. The van der Waals surface area contributed by atoms with Gasteiger partial charge in [-0.25, -0.2) is 8.42 Å². The molecule has 0 fully saturated rings. The molecule has 3 aromatic carbocycles. The molecule has 4 heteroatoms. The fraction of sp³-hybridized carbons (Fsp3) is 0.125. The fourth-order valence-electron chi connectivity index (χ4n) is 2.51. The molecule has 0 aromatic heterocycles. The van der Waals surface area contributed by atoms with Gasteiger partial charge in [0.05, 0.1) is 4.90 Å². The Morgan fingerprint density at radius 2 is 1.46 bits per heavy atom. The predicted molar refractivity (Wildman–Crippen MR) is 114 cm³/mol. The van der Waals surface area contributed by atoms with Gasteiger partial charge in [0.2, 0.25) is 0 Å². The van der Waals surface area contributed by atoms with Gasteiger partial charge in [-0.15, -0.1) is 5.92 Å². The van der Waals surface area contributed by atoms with Gasteiger partial charge in [-0.05, 0) is 49.2 Å². The number of carbonyl (C=O) groups excluding carboxylic acids is 1. The van der Waals surface area contributed by atoms with E-state index in [9.17, 15) is 13.2 Å². The lowest BCUT2D eigenvalue weighted by Gasteiger charge is -2.05. The van der Waals surface area contributed by atoms with Crippen LogP contribution in [-0.2, 0) is 9.84 Å². The minimum atomic E-state index is -3.20. The van der Waals surface area contributed by atoms with Gasteiger partial charge in [0.15, 0.2) is 16.1 Å². The normalized spacial score (nSPS) is 10.1. The first-order chi connectivity index (χ1) is 13.3. The van der Waals surface area contributed by atoms with Crippen molar-refractivity contribution in [3.05, 3.63) is 89.5 Å². The van der Waals surface area contributed by atoms with Crippen molar-refractivity contribution >= 4 is 16.1 Å². The zero-order chi connectivity index (χ0) is 20.6. The molecule has 3 rings (SSSR count). The van der Waals surface area contributed by atoms with Crippen LogP contribution in [0.3, 0.4) is 0 Å². The van der Waals surface area contributed by atoms with Gasteiger partial charge in [-0.2, -0.15) is 0 Å². The second kappa shape index (κ2) is 9.68. The zero-order valence-corrected chi connectivity index (χ0v) is 17.0. The first kappa shape index (κ1) is 21.1. The minimum Gasteiger partial charge on any atom is -0.298 e. The second-order valence-corrected chi connectivity index (χ2v) is 8.26. The molecule has 3 aromatic rings. The van der Waals surface area contributed by atoms with Gasteiger partial charge in [0, 0.05) is 17.4 Å². The Kier molecular flexibility index (Phi) is 7.31. The Hall–Kier alpha value is -3.16. The summed E-state index contributed by atoms with van der Waals surface area (Å²) >= 11 is 0. The van der Waals surface area contributed by atoms with Gasteiger partial charge in [-0.1, -0.05) is 60.0 Å². The number of sulfone groups is 1. The van der Waals surface area contributed by atoms with Gasteiger partial charge < -0.3 is 0 Å². The molecule has 0 aliphatic heterocycles. The summed E-state index contributed by atoms with van der Waals surface area (Å²) in [5.74, 6) is 5.67. The van der Waals surface area contributed by atoms with E-state index in [1.807, 2.05) is 30.3 Å². The molecule has 142 valence electrons. The quantitative estimate of drug-likeness (QED) is 0.470. The molecule has 0 amide bonds. The van der Waals surface area contributed by atoms with Crippen molar-refractivity contribution < 1.29 is 13.2 Å². The highest BCUT2D eigenvalue weighted by Gasteiger charge is 2.08. The van der Waals surface area contributed by atoms with E-state index in [4.69, 9.17) is 0 Å². The SMILES string of the molecule is CC#Cc1cc(-c2ccc(S(C)(=O)=O)cc2)ccc1C=O.Cc1ccccc1. The summed E-state index contributed by atoms with van der Waals surface area (Å²) in [4.78, 5) is 11.3. The van der Waals surface area contributed by atoms with Crippen molar-refractivity contribution in [3.63, 3.8) is 0 Å². The predicted octanol–water partition coefficient (Wildman–Crippen LogP) is 4.94. The zero-order valence-electron chi connectivity index (χ0n) is 16.1. The average Bonchev–Trinajstić information content (AvgIpc) is 2.69. The molecule has 0 aliphatic rings. The molecule has 0 N–H and O–H groups in total. The molecular formula is C24H22O3S. The van der Waals surface area contributed by atoms with Gasteiger partial charge in [-0.3, -0.25) is 4.79 Å². The maximum atomic E-state index is 11.4. The smallest absolute Gasteiger partial charge is 0.175 e. The fourth-order valence-corrected chi connectivity index (χ4v) is 3.14. The highest BCUT2D eigenvalue weighted by molar-refractivity contribution is 7.90. The monoisotopic (exact) mass is 390 g/mol. The lowest BCUT2D eigenvalue weighted by Crippen LogP contribution is -1.96. The molecule has 0 spiro atoms. The standard InChI is InChI=1S/C17H14O3S.C7H8/c1-3-4-14-11-15(5-6-16(14)12-18)13-7-9-17(10-8-13)21(2,19)20;1-7-5-3-2-4-6-7/h5-12H,1-2H3;2-6H,1H3. The Balaban J connectivity index is 0.000000336. The first-order valence-corrected chi connectivity index (χ1v) is 10.6. The summed E-state index contributed by atoms with van der Waals surface area (Å²) in [6, 6.07) is 22.3. The molecule has 0 radical (unpaired) electrons. The molecule has 0 bridgehead atoms. The molecular weight excluding hydrogens is 368 g/mol. The van der Waals surface area contributed by atoms with Crippen molar-refractivity contribution in [2.75, 3.05) is 6.26 Å². The van der Waals surface area contributed by atoms with Gasteiger partial charge in [0.25, 0.3) is 0 Å². The van der Waals surface area contributed by atoms with E-state index in [1.165, 1.54) is 11.8 Å². The summed E-state index contributed by atoms with van der Waals surface area (Å²) in [5.41, 5.74) is 4.29. The van der Waals surface area contributed by atoms with E-state index >= 15 is 0 Å². The number of hydrogen-bond acceptors (Lipinski definition) is 3. The van der Waals surface area contributed by atoms with Crippen LogP contribution in [0.5, 0.6) is 0 Å². The Morgan fingerprint density at radius 1 is 0.857 bits per heavy atom. The van der Waals surface area contributed by atoms with Crippen molar-refractivity contribution in [2.24, 2.45) is 0 Å². The van der Waals surface area contributed by atoms with Crippen LogP contribution in [0.1, 0.15) is 28.4 Å². The lowest BCUT2D eigenvalue weighted by atomic mass is 10.00. The summed E-state index contributed by atoms with van der Waals surface area (Å²) in [6.45, 7) is 3.79. The molecule has 3 nitrogen and oxygen atoms in total. The Bertz CT molecular complexity index is 1100. The van der Waals surface area contributed by atoms with Gasteiger partial charge in [0.1, 0.15) is 0 Å². The minimum absolute atomic E-state index is 0.282. The first-order valence-electron chi connectivity index (χ1n) is 8.69. The van der Waals surface area contributed by atoms with Crippen molar-refractivity contribution in [1.82, 2.24) is 0 Å². The Morgan fingerprint density at radius 3 is 1.93 bits per heavy atom. The van der Waals surface area contributed by atoms with E-state index < -0.39 is 9.84 Å². The highest BCUT2D eigenvalue weighted by Crippen LogP contribution is 2.23. The average molecular weight is 391 g/mol. The molecule has 0 unspecified atom stereocenters. The summed E-state index contributed by atoms with van der Waals surface area (Å²) in [6.07, 6.45) is 1.95. The van der Waals surface area contributed by atoms with E-state index in [2.05, 4.69) is 30.9 Å². The van der Waals surface area contributed by atoms with Crippen molar-refractivity contribution in [2.45, 2.75) is 18.7 Å². The van der Waals surface area contributed by atoms with Crippen molar-refractivity contribution in [3.8, 4) is 23.0 Å². The van der Waals surface area contributed by atoms with Crippen LogP contribution in [0.4, 0.5) is 0 Å². The third-order valence-electron chi connectivity index (χ3n) is 4.00. The third kappa shape index (κ3) is 5.94. The maximum absolute atomic E-state index is 11.4. The lowest BCUT2D eigenvalue weighted by molar-refractivity contribution is 0.112. The molecule has 0 heterocycles. The Labute approximate surface area is 167 Å². The number of aldehydes is 1. The molecule has 0 saturated heterocycles. The van der Waals surface area contributed by atoms with Crippen molar-refractivity contribution in [1.29, 1.82) is 0 Å². The van der Waals surface area contributed by atoms with Crippen LogP contribution >= 0.6 is 0 Å². The van der Waals surface area contributed by atoms with Crippen LogP contribution in [0.25, 0.3) is 11.1 Å². The number of rotatable bonds is 3. The molecule has 0 saturated carbocycles. The second-order valence-electron chi connectivity index (χ2n) is 6.25. The number of hydrogen-bond donors (Lipinski definition) is 0. The van der Waals surface area contributed by atoms with Crippen LogP contribution in [0.15, 0.2) is 77.7 Å². The van der Waals surface area contributed by atoms with Crippen LogP contribution in [-0.4, -0.2) is 21.0 Å². The molecule has 0 atom stereocenters. The number of aryl methyl sites for hydroxylation is 1. The molecule has 0 aliphatic carbocycles. The topological polar surface area (TPSA) is 51.2 Å². The van der Waals surface area contributed by atoms with E-state index in [0.29, 0.717) is 11.1 Å². The van der Waals surface area contributed by atoms with Gasteiger partial charge >= 0.3 is 0 Å². The number of benzene rings is 3. The van der Waals surface area contributed by atoms with Crippen LogP contribution in [0.2, 0.25) is 0 Å². The van der Waals surface area contributed by atoms with E-state index in [1.54, 1.807) is 37.3 Å². The maximum Gasteiger partial charge on any atom is 0.175 e. The largest absolute Gasteiger partial charge is 0.298 e. The van der Waals surface area contributed by atoms with Crippen LogP contribution in [0, 0.1) is 18.8 Å². The van der Waals surface area contributed by atoms with E-state index in [-0.39, 0.29) is 4.90 Å². The van der Waals surface area contributed by atoms with Crippen LogP contribution < -0.4 is 0 Å². The summed E-state index contributed by atoms with van der Waals surface area (Å²) in [7, 11) is -3.20. The third-order valence-corrected chi connectivity index (χ3v) is 5.12. The summed E-state index contributed by atoms with van der Waals surface area (Å²) in [5, 5.41) is 0. The number of carbonyl (C=O) groups is 1. The van der Waals surface area contributed by atoms with E-state index in [0.717, 1.165) is 17.4 Å².